The average molecular weight is 365 g/mol. The van der Waals surface area contributed by atoms with Crippen molar-refractivity contribution in [1.29, 1.82) is 0 Å². The van der Waals surface area contributed by atoms with Crippen LogP contribution >= 0.6 is 11.6 Å². The molecule has 1 unspecified atom stereocenters. The SMILES string of the molecule is CCCS(=O)c1nc(N)c2c(n1)N(Cc1cccc(Cl)c1)C(=O)C2. The van der Waals surface area contributed by atoms with E-state index in [1.807, 2.05) is 19.1 Å². The molecular formula is C16H17ClN4O2S. The Hall–Kier alpha value is -1.99. The van der Waals surface area contributed by atoms with Crippen molar-refractivity contribution in [1.82, 2.24) is 9.97 Å². The summed E-state index contributed by atoms with van der Waals surface area (Å²) in [5, 5.41) is 0.783. The number of carbonyl (C=O) groups is 1. The molecule has 2 aromatic rings. The van der Waals surface area contributed by atoms with Crippen LogP contribution in [0.25, 0.3) is 0 Å². The Kier molecular flexibility index (Phi) is 4.82. The van der Waals surface area contributed by atoms with Crippen molar-refractivity contribution >= 4 is 39.9 Å². The van der Waals surface area contributed by atoms with Crippen molar-refractivity contribution in [3.8, 4) is 0 Å². The molecule has 0 aliphatic carbocycles. The normalized spacial score (nSPS) is 14.8. The van der Waals surface area contributed by atoms with E-state index in [1.54, 1.807) is 17.0 Å². The van der Waals surface area contributed by atoms with Crippen LogP contribution in [-0.2, 0) is 28.6 Å². The monoisotopic (exact) mass is 364 g/mol. The molecular weight excluding hydrogens is 348 g/mol. The molecule has 1 aromatic carbocycles. The fourth-order valence-electron chi connectivity index (χ4n) is 2.59. The first-order valence-electron chi connectivity index (χ1n) is 7.59. The minimum atomic E-state index is -1.32. The van der Waals surface area contributed by atoms with Crippen LogP contribution in [0.5, 0.6) is 0 Å². The molecule has 2 heterocycles. The molecule has 3 rings (SSSR count). The molecule has 0 fully saturated rings. The summed E-state index contributed by atoms with van der Waals surface area (Å²) in [7, 11) is -1.32. The quantitative estimate of drug-likeness (QED) is 0.822. The number of nitrogens with zero attached hydrogens (tertiary/aromatic N) is 3. The number of fused-ring (bicyclic) bond motifs is 1. The molecule has 2 N–H and O–H groups in total. The Morgan fingerprint density at radius 3 is 2.88 bits per heavy atom. The Balaban J connectivity index is 1.97. The third-order valence-electron chi connectivity index (χ3n) is 3.70. The van der Waals surface area contributed by atoms with E-state index >= 15 is 0 Å². The number of aromatic nitrogens is 2. The predicted octanol–water partition coefficient (Wildman–Crippen LogP) is 2.32. The second-order valence-corrected chi connectivity index (χ2v) is 7.43. The molecule has 24 heavy (non-hydrogen) atoms. The number of rotatable bonds is 5. The smallest absolute Gasteiger partial charge is 0.233 e. The lowest BCUT2D eigenvalue weighted by Crippen LogP contribution is -2.27. The number of hydrogen-bond donors (Lipinski definition) is 1. The first-order valence-corrected chi connectivity index (χ1v) is 9.29. The van der Waals surface area contributed by atoms with E-state index in [0.29, 0.717) is 28.7 Å². The van der Waals surface area contributed by atoms with Gasteiger partial charge in [0.25, 0.3) is 0 Å². The van der Waals surface area contributed by atoms with Crippen LogP contribution in [-0.4, -0.2) is 25.8 Å². The van der Waals surface area contributed by atoms with Crippen LogP contribution in [0.2, 0.25) is 5.02 Å². The molecule has 1 atom stereocenters. The fraction of sp³-hybridized carbons (Fsp3) is 0.312. The highest BCUT2D eigenvalue weighted by Crippen LogP contribution is 2.32. The number of carbonyl (C=O) groups excluding carboxylic acids is 1. The molecule has 0 spiro atoms. The Morgan fingerprint density at radius 2 is 2.17 bits per heavy atom. The van der Waals surface area contributed by atoms with Crippen molar-refractivity contribution in [3.63, 3.8) is 0 Å². The lowest BCUT2D eigenvalue weighted by atomic mass is 10.2. The Morgan fingerprint density at radius 1 is 1.38 bits per heavy atom. The maximum atomic E-state index is 12.4. The van der Waals surface area contributed by atoms with Gasteiger partial charge in [0.2, 0.25) is 11.1 Å². The molecule has 1 aliphatic heterocycles. The minimum Gasteiger partial charge on any atom is -0.383 e. The largest absolute Gasteiger partial charge is 0.383 e. The lowest BCUT2D eigenvalue weighted by molar-refractivity contribution is -0.117. The third kappa shape index (κ3) is 3.27. The zero-order chi connectivity index (χ0) is 17.3. The van der Waals surface area contributed by atoms with Gasteiger partial charge < -0.3 is 5.73 Å². The third-order valence-corrected chi connectivity index (χ3v) is 5.31. The molecule has 1 aliphatic rings. The Bertz CT molecular complexity index is 828. The van der Waals surface area contributed by atoms with Crippen molar-refractivity contribution in [2.45, 2.75) is 31.5 Å². The number of benzene rings is 1. The predicted molar refractivity (Wildman–Crippen MR) is 94.4 cm³/mol. The summed E-state index contributed by atoms with van der Waals surface area (Å²) in [6.07, 6.45) is 0.903. The van der Waals surface area contributed by atoms with E-state index < -0.39 is 10.8 Å². The lowest BCUT2D eigenvalue weighted by Gasteiger charge is -2.17. The molecule has 0 saturated heterocycles. The standard InChI is InChI=1S/C16H17ClN4O2S/c1-2-6-24(23)16-19-14(18)12-8-13(22)21(15(12)20-16)9-10-4-3-5-11(17)7-10/h3-5,7H,2,6,8-9H2,1H3,(H2,18,19,20). The van der Waals surface area contributed by atoms with E-state index in [-0.39, 0.29) is 23.3 Å². The number of halogens is 1. The zero-order valence-electron chi connectivity index (χ0n) is 13.2. The van der Waals surface area contributed by atoms with Gasteiger partial charge in [-0.1, -0.05) is 30.7 Å². The van der Waals surface area contributed by atoms with Crippen LogP contribution in [0.4, 0.5) is 11.6 Å². The topological polar surface area (TPSA) is 89.2 Å². The summed E-state index contributed by atoms with van der Waals surface area (Å²) < 4.78 is 12.2. The van der Waals surface area contributed by atoms with Gasteiger partial charge in [0.05, 0.1) is 23.8 Å². The molecule has 8 heteroatoms. The maximum Gasteiger partial charge on any atom is 0.233 e. The Labute approximate surface area is 147 Å². The molecule has 1 aromatic heterocycles. The minimum absolute atomic E-state index is 0.107. The number of anilines is 2. The van der Waals surface area contributed by atoms with Crippen molar-refractivity contribution in [2.24, 2.45) is 0 Å². The van der Waals surface area contributed by atoms with E-state index in [4.69, 9.17) is 17.3 Å². The van der Waals surface area contributed by atoms with Gasteiger partial charge in [0.15, 0.2) is 0 Å². The van der Waals surface area contributed by atoms with Gasteiger partial charge in [-0.2, -0.15) is 0 Å². The summed E-state index contributed by atoms with van der Waals surface area (Å²) in [6, 6.07) is 7.29. The van der Waals surface area contributed by atoms with Crippen molar-refractivity contribution in [2.75, 3.05) is 16.4 Å². The van der Waals surface area contributed by atoms with E-state index in [9.17, 15) is 9.00 Å². The average Bonchev–Trinajstić information content (AvgIpc) is 2.85. The molecule has 6 nitrogen and oxygen atoms in total. The van der Waals surface area contributed by atoms with E-state index in [0.717, 1.165) is 12.0 Å². The highest BCUT2D eigenvalue weighted by molar-refractivity contribution is 7.84. The van der Waals surface area contributed by atoms with Gasteiger partial charge in [-0.3, -0.25) is 13.9 Å². The van der Waals surface area contributed by atoms with Crippen LogP contribution in [0.3, 0.4) is 0 Å². The molecule has 0 bridgehead atoms. The molecule has 0 saturated carbocycles. The van der Waals surface area contributed by atoms with E-state index in [1.165, 1.54) is 0 Å². The second-order valence-electron chi connectivity index (χ2n) is 5.53. The van der Waals surface area contributed by atoms with Crippen molar-refractivity contribution in [3.05, 3.63) is 40.4 Å². The van der Waals surface area contributed by atoms with Gasteiger partial charge in [0.1, 0.15) is 11.6 Å². The number of nitrogens with two attached hydrogens (primary N) is 1. The number of amides is 1. The summed E-state index contributed by atoms with van der Waals surface area (Å²) in [5.74, 6) is 1.03. The van der Waals surface area contributed by atoms with Crippen LogP contribution in [0, 0.1) is 0 Å². The molecule has 126 valence electrons. The maximum absolute atomic E-state index is 12.4. The highest BCUT2D eigenvalue weighted by Gasteiger charge is 2.32. The summed E-state index contributed by atoms with van der Waals surface area (Å²) >= 11 is 6.00. The van der Waals surface area contributed by atoms with Crippen molar-refractivity contribution < 1.29 is 9.00 Å². The van der Waals surface area contributed by atoms with Gasteiger partial charge in [0, 0.05) is 16.3 Å². The zero-order valence-corrected chi connectivity index (χ0v) is 14.7. The molecule has 1 amide bonds. The van der Waals surface area contributed by atoms with Crippen LogP contribution < -0.4 is 10.6 Å². The highest BCUT2D eigenvalue weighted by atomic mass is 35.5. The first kappa shape index (κ1) is 16.9. The number of hydrogen-bond acceptors (Lipinski definition) is 5. The van der Waals surface area contributed by atoms with Gasteiger partial charge in [-0.15, -0.1) is 0 Å². The van der Waals surface area contributed by atoms with Crippen LogP contribution in [0.15, 0.2) is 29.4 Å². The molecule has 0 radical (unpaired) electrons. The van der Waals surface area contributed by atoms with Crippen LogP contribution in [0.1, 0.15) is 24.5 Å². The van der Waals surface area contributed by atoms with Gasteiger partial charge >= 0.3 is 0 Å². The van der Waals surface area contributed by atoms with Gasteiger partial charge in [-0.05, 0) is 24.1 Å². The summed E-state index contributed by atoms with van der Waals surface area (Å²) in [6.45, 7) is 2.27. The summed E-state index contributed by atoms with van der Waals surface area (Å²) in [5.41, 5.74) is 7.45. The van der Waals surface area contributed by atoms with Gasteiger partial charge in [-0.25, -0.2) is 9.97 Å². The summed E-state index contributed by atoms with van der Waals surface area (Å²) in [4.78, 5) is 22.4. The first-order chi connectivity index (χ1) is 11.5. The number of nitrogen functional groups attached to an aromatic ring is 1. The fourth-order valence-corrected chi connectivity index (χ4v) is 3.74. The second kappa shape index (κ2) is 6.86. The van der Waals surface area contributed by atoms with E-state index in [2.05, 4.69) is 9.97 Å².